The molecule has 128 valence electrons. The SMILES string of the molecule is CCc1ccc(OCC(=O)N[C@H](C[NH+](C)C)c2ccccc2)cc1. The number of benzene rings is 2. The van der Waals surface area contributed by atoms with Crippen LogP contribution in [0.5, 0.6) is 5.75 Å². The third-order valence-electron chi connectivity index (χ3n) is 3.85. The molecule has 24 heavy (non-hydrogen) atoms. The Morgan fingerprint density at radius 3 is 2.33 bits per heavy atom. The summed E-state index contributed by atoms with van der Waals surface area (Å²) in [5.41, 5.74) is 2.37. The molecule has 0 saturated carbocycles. The van der Waals surface area contributed by atoms with Gasteiger partial charge in [-0.2, -0.15) is 0 Å². The van der Waals surface area contributed by atoms with Crippen LogP contribution in [0.4, 0.5) is 0 Å². The average molecular weight is 327 g/mol. The first kappa shape index (κ1) is 18.0. The normalized spacial score (nSPS) is 12.0. The third-order valence-corrected chi connectivity index (χ3v) is 3.85. The summed E-state index contributed by atoms with van der Waals surface area (Å²) in [6.45, 7) is 2.96. The van der Waals surface area contributed by atoms with Gasteiger partial charge in [-0.05, 0) is 29.7 Å². The van der Waals surface area contributed by atoms with Crippen LogP contribution in [0.15, 0.2) is 54.6 Å². The number of likely N-dealkylation sites (N-methyl/N-ethyl adjacent to an activating group) is 1. The first-order valence-electron chi connectivity index (χ1n) is 8.43. The van der Waals surface area contributed by atoms with Crippen molar-refractivity contribution in [2.75, 3.05) is 27.2 Å². The number of nitrogens with one attached hydrogen (secondary N) is 2. The van der Waals surface area contributed by atoms with E-state index in [1.54, 1.807) is 0 Å². The van der Waals surface area contributed by atoms with E-state index < -0.39 is 0 Å². The molecule has 0 aliphatic rings. The number of amides is 1. The van der Waals surface area contributed by atoms with Crippen LogP contribution in [0.25, 0.3) is 0 Å². The van der Waals surface area contributed by atoms with Crippen molar-refractivity contribution in [3.05, 3.63) is 65.7 Å². The first-order chi connectivity index (χ1) is 11.6. The van der Waals surface area contributed by atoms with Crippen LogP contribution in [0.3, 0.4) is 0 Å². The highest BCUT2D eigenvalue weighted by atomic mass is 16.5. The summed E-state index contributed by atoms with van der Waals surface area (Å²) in [6.07, 6.45) is 0.992. The van der Waals surface area contributed by atoms with Gasteiger partial charge in [0.1, 0.15) is 18.3 Å². The summed E-state index contributed by atoms with van der Waals surface area (Å²) in [7, 11) is 4.15. The Kier molecular flexibility index (Phi) is 6.82. The number of quaternary nitrogens is 1. The molecule has 4 nitrogen and oxygen atoms in total. The minimum atomic E-state index is -0.107. The van der Waals surface area contributed by atoms with Crippen LogP contribution in [0.1, 0.15) is 24.1 Å². The molecule has 0 saturated heterocycles. The smallest absolute Gasteiger partial charge is 0.258 e. The maximum atomic E-state index is 12.3. The fourth-order valence-electron chi connectivity index (χ4n) is 2.55. The lowest BCUT2D eigenvalue weighted by molar-refractivity contribution is -0.860. The van der Waals surface area contributed by atoms with Gasteiger partial charge in [0.15, 0.2) is 6.61 Å². The molecule has 2 rings (SSSR count). The van der Waals surface area contributed by atoms with E-state index >= 15 is 0 Å². The van der Waals surface area contributed by atoms with Crippen LogP contribution in [-0.4, -0.2) is 33.2 Å². The molecule has 0 fully saturated rings. The lowest BCUT2D eigenvalue weighted by Crippen LogP contribution is -3.06. The zero-order chi connectivity index (χ0) is 17.4. The summed E-state index contributed by atoms with van der Waals surface area (Å²) in [5.74, 6) is 0.613. The highest BCUT2D eigenvalue weighted by Crippen LogP contribution is 2.13. The molecule has 0 spiro atoms. The Bertz CT molecular complexity index is 624. The van der Waals surface area contributed by atoms with E-state index in [4.69, 9.17) is 4.74 Å². The van der Waals surface area contributed by atoms with Crippen LogP contribution < -0.4 is 15.0 Å². The number of aryl methyl sites for hydroxylation is 1. The summed E-state index contributed by atoms with van der Waals surface area (Å²) >= 11 is 0. The lowest BCUT2D eigenvalue weighted by atomic mass is 10.1. The van der Waals surface area contributed by atoms with Gasteiger partial charge in [0.05, 0.1) is 14.1 Å². The zero-order valence-electron chi connectivity index (χ0n) is 14.7. The fourth-order valence-corrected chi connectivity index (χ4v) is 2.55. The first-order valence-corrected chi connectivity index (χ1v) is 8.43. The molecule has 0 bridgehead atoms. The number of rotatable bonds is 8. The second-order valence-corrected chi connectivity index (χ2v) is 6.23. The second kappa shape index (κ2) is 9.08. The molecule has 0 aliphatic carbocycles. The van der Waals surface area contributed by atoms with Crippen molar-refractivity contribution in [3.63, 3.8) is 0 Å². The molecular formula is C20H27N2O2+. The van der Waals surface area contributed by atoms with Crippen molar-refractivity contribution < 1.29 is 14.4 Å². The summed E-state index contributed by atoms with van der Waals surface area (Å²) in [5, 5.41) is 3.07. The van der Waals surface area contributed by atoms with Crippen molar-refractivity contribution in [2.24, 2.45) is 0 Å². The Balaban J connectivity index is 1.92. The quantitative estimate of drug-likeness (QED) is 0.774. The molecule has 0 radical (unpaired) electrons. The number of carbonyl (C=O) groups is 1. The van der Waals surface area contributed by atoms with Crippen molar-refractivity contribution in [1.82, 2.24) is 5.32 Å². The van der Waals surface area contributed by atoms with Gasteiger partial charge in [-0.3, -0.25) is 4.79 Å². The number of carbonyl (C=O) groups excluding carboxylic acids is 1. The van der Waals surface area contributed by atoms with Crippen molar-refractivity contribution in [3.8, 4) is 5.75 Å². The lowest BCUT2D eigenvalue weighted by Gasteiger charge is -2.21. The summed E-state index contributed by atoms with van der Waals surface area (Å²) in [4.78, 5) is 13.5. The Morgan fingerprint density at radius 1 is 1.08 bits per heavy atom. The van der Waals surface area contributed by atoms with E-state index in [1.165, 1.54) is 10.5 Å². The molecule has 0 aliphatic heterocycles. The average Bonchev–Trinajstić information content (AvgIpc) is 2.60. The van der Waals surface area contributed by atoms with E-state index in [1.807, 2.05) is 54.6 Å². The summed E-state index contributed by atoms with van der Waals surface area (Å²) in [6, 6.07) is 17.9. The van der Waals surface area contributed by atoms with Gasteiger partial charge in [0.25, 0.3) is 5.91 Å². The van der Waals surface area contributed by atoms with Gasteiger partial charge < -0.3 is 15.0 Å². The molecule has 1 atom stereocenters. The molecule has 2 aromatic rings. The van der Waals surface area contributed by atoms with Gasteiger partial charge >= 0.3 is 0 Å². The number of hydrogen-bond donors (Lipinski definition) is 2. The van der Waals surface area contributed by atoms with Gasteiger partial charge in [-0.25, -0.2) is 0 Å². The molecular weight excluding hydrogens is 300 g/mol. The molecule has 4 heteroatoms. The maximum absolute atomic E-state index is 12.3. The zero-order valence-corrected chi connectivity index (χ0v) is 14.7. The van der Waals surface area contributed by atoms with E-state index in [2.05, 4.69) is 26.3 Å². The monoisotopic (exact) mass is 327 g/mol. The molecule has 1 amide bonds. The third kappa shape index (κ3) is 5.70. The van der Waals surface area contributed by atoms with Crippen molar-refractivity contribution >= 4 is 5.91 Å². The van der Waals surface area contributed by atoms with Crippen molar-refractivity contribution in [1.29, 1.82) is 0 Å². The van der Waals surface area contributed by atoms with E-state index in [0.717, 1.165) is 24.3 Å². The molecule has 0 unspecified atom stereocenters. The topological polar surface area (TPSA) is 42.8 Å². The highest BCUT2D eigenvalue weighted by Gasteiger charge is 2.17. The predicted octanol–water partition coefficient (Wildman–Crippen LogP) is 1.63. The van der Waals surface area contributed by atoms with E-state index in [-0.39, 0.29) is 18.6 Å². The van der Waals surface area contributed by atoms with Gasteiger partial charge in [-0.1, -0.05) is 49.4 Å². The highest BCUT2D eigenvalue weighted by molar-refractivity contribution is 5.78. The van der Waals surface area contributed by atoms with E-state index in [9.17, 15) is 4.79 Å². The molecule has 2 aromatic carbocycles. The minimum absolute atomic E-state index is 0.0187. The second-order valence-electron chi connectivity index (χ2n) is 6.23. The number of hydrogen-bond acceptors (Lipinski definition) is 2. The van der Waals surface area contributed by atoms with E-state index in [0.29, 0.717) is 0 Å². The Labute approximate surface area is 144 Å². The van der Waals surface area contributed by atoms with Crippen LogP contribution in [-0.2, 0) is 11.2 Å². The van der Waals surface area contributed by atoms with Gasteiger partial charge in [0.2, 0.25) is 0 Å². The Morgan fingerprint density at radius 2 is 1.75 bits per heavy atom. The standard InChI is InChI=1S/C20H26N2O2/c1-4-16-10-12-18(13-11-16)24-15-20(23)21-19(14-22(2)3)17-8-6-5-7-9-17/h5-13,19H,4,14-15H2,1-3H3,(H,21,23)/p+1/t19-/m1/s1. The molecule has 0 aromatic heterocycles. The Hall–Kier alpha value is -2.33. The summed E-state index contributed by atoms with van der Waals surface area (Å²) < 4.78 is 5.59. The van der Waals surface area contributed by atoms with Gasteiger partial charge in [-0.15, -0.1) is 0 Å². The van der Waals surface area contributed by atoms with Crippen LogP contribution >= 0.6 is 0 Å². The maximum Gasteiger partial charge on any atom is 0.258 e. The predicted molar refractivity (Wildman–Crippen MR) is 96.3 cm³/mol. The van der Waals surface area contributed by atoms with Crippen molar-refractivity contribution in [2.45, 2.75) is 19.4 Å². The van der Waals surface area contributed by atoms with Crippen LogP contribution in [0.2, 0.25) is 0 Å². The molecule has 0 heterocycles. The largest absolute Gasteiger partial charge is 0.484 e. The molecule has 2 N–H and O–H groups in total. The fraction of sp³-hybridized carbons (Fsp3) is 0.350. The minimum Gasteiger partial charge on any atom is -0.484 e. The van der Waals surface area contributed by atoms with Crippen LogP contribution in [0, 0.1) is 0 Å². The van der Waals surface area contributed by atoms with Gasteiger partial charge in [0, 0.05) is 0 Å². The number of ether oxygens (including phenoxy) is 1.